The molecule has 1 rings (SSSR count). The van der Waals surface area contributed by atoms with E-state index in [9.17, 15) is 34.8 Å². The molecule has 6 atom stereocenters. The highest BCUT2D eigenvalue weighted by molar-refractivity contribution is 5.81. The minimum Gasteiger partial charge on any atom is -0.463 e. The fraction of sp³-hybridized carbons (Fsp3) is 0.870. The lowest BCUT2D eigenvalue weighted by Crippen LogP contribution is -2.66. The van der Waals surface area contributed by atoms with Crippen molar-refractivity contribution in [3.8, 4) is 0 Å². The molecular formula is C23H41NO13. The SMILES string of the molecule is COCCOCCOC(=O)CCC(=O)NC1C(O)CC(OC=O)(OCCC(C)C)OC1C(O)C(O)CO. The third-order valence-electron chi connectivity index (χ3n) is 5.51. The minimum absolute atomic E-state index is 0.00227. The standard InChI is InChI=1S/C23H41NO13/c1-15(2)6-7-35-23(36-14-26)12-16(27)20(22(37-23)21(31)17(28)13-25)24-18(29)4-5-19(30)34-11-10-33-9-8-32-3/h14-17,20-22,25,27-28,31H,4-13H2,1-3H3,(H,24,29). The van der Waals surface area contributed by atoms with E-state index in [0.29, 0.717) is 19.6 Å². The quantitative estimate of drug-likeness (QED) is 0.0534. The molecule has 37 heavy (non-hydrogen) atoms. The monoisotopic (exact) mass is 539 g/mol. The van der Waals surface area contributed by atoms with Crippen molar-refractivity contribution in [3.63, 3.8) is 0 Å². The predicted molar refractivity (Wildman–Crippen MR) is 125 cm³/mol. The number of rotatable bonds is 19. The summed E-state index contributed by atoms with van der Waals surface area (Å²) in [5, 5.41) is 43.1. The van der Waals surface area contributed by atoms with Crippen LogP contribution in [0.4, 0.5) is 0 Å². The van der Waals surface area contributed by atoms with E-state index >= 15 is 0 Å². The maximum atomic E-state index is 12.5. The van der Waals surface area contributed by atoms with Gasteiger partial charge in [0.25, 0.3) is 6.47 Å². The van der Waals surface area contributed by atoms with Crippen molar-refractivity contribution < 1.29 is 63.2 Å². The van der Waals surface area contributed by atoms with Crippen molar-refractivity contribution in [1.29, 1.82) is 0 Å². The zero-order valence-corrected chi connectivity index (χ0v) is 21.6. The van der Waals surface area contributed by atoms with Crippen LogP contribution >= 0.6 is 0 Å². The van der Waals surface area contributed by atoms with Crippen molar-refractivity contribution in [2.24, 2.45) is 5.92 Å². The highest BCUT2D eigenvalue weighted by Crippen LogP contribution is 2.34. The lowest BCUT2D eigenvalue weighted by Gasteiger charge is -2.46. The van der Waals surface area contributed by atoms with E-state index in [2.05, 4.69) is 5.32 Å². The first-order valence-corrected chi connectivity index (χ1v) is 12.2. The Bertz CT molecular complexity index is 679. The lowest BCUT2D eigenvalue weighted by molar-refractivity contribution is -0.409. The number of nitrogens with one attached hydrogen (secondary N) is 1. The van der Waals surface area contributed by atoms with Gasteiger partial charge in [-0.15, -0.1) is 0 Å². The van der Waals surface area contributed by atoms with E-state index in [-0.39, 0.29) is 45.1 Å². The van der Waals surface area contributed by atoms with Crippen molar-refractivity contribution in [2.45, 2.75) is 76.0 Å². The number of methoxy groups -OCH3 is 1. The Morgan fingerprint density at radius 1 is 1.14 bits per heavy atom. The van der Waals surface area contributed by atoms with Gasteiger partial charge in [0.2, 0.25) is 5.91 Å². The molecule has 216 valence electrons. The molecule has 1 heterocycles. The van der Waals surface area contributed by atoms with E-state index < -0.39 is 61.3 Å². The smallest absolute Gasteiger partial charge is 0.332 e. The fourth-order valence-corrected chi connectivity index (χ4v) is 3.45. The minimum atomic E-state index is -2.09. The van der Waals surface area contributed by atoms with E-state index in [1.165, 1.54) is 7.11 Å². The van der Waals surface area contributed by atoms with Crippen LogP contribution in [0.25, 0.3) is 0 Å². The molecule has 14 heteroatoms. The number of hydrogen-bond donors (Lipinski definition) is 5. The van der Waals surface area contributed by atoms with Crippen LogP contribution in [-0.2, 0) is 42.8 Å². The van der Waals surface area contributed by atoms with Gasteiger partial charge in [0, 0.05) is 13.5 Å². The highest BCUT2D eigenvalue weighted by atomic mass is 16.9. The molecule has 1 aliphatic heterocycles. The summed E-state index contributed by atoms with van der Waals surface area (Å²) in [5.41, 5.74) is 0. The maximum absolute atomic E-state index is 12.5. The molecule has 0 saturated carbocycles. The molecule has 1 fully saturated rings. The topological polar surface area (TPSA) is 200 Å². The number of esters is 1. The molecule has 1 aliphatic rings. The predicted octanol–water partition coefficient (Wildman–Crippen LogP) is -1.79. The average molecular weight is 540 g/mol. The van der Waals surface area contributed by atoms with Gasteiger partial charge in [-0.3, -0.25) is 14.4 Å². The summed E-state index contributed by atoms with van der Waals surface area (Å²) >= 11 is 0. The van der Waals surface area contributed by atoms with Crippen molar-refractivity contribution >= 4 is 18.3 Å². The Hall–Kier alpha value is -1.91. The Balaban J connectivity index is 2.79. The first kappa shape index (κ1) is 33.1. The third-order valence-corrected chi connectivity index (χ3v) is 5.51. The number of aliphatic hydroxyl groups excluding tert-OH is 4. The van der Waals surface area contributed by atoms with Crippen LogP contribution in [0.1, 0.15) is 39.5 Å². The van der Waals surface area contributed by atoms with Crippen LogP contribution in [0, 0.1) is 5.92 Å². The van der Waals surface area contributed by atoms with Gasteiger partial charge in [0.05, 0.1) is 58.0 Å². The number of ether oxygens (including phenoxy) is 6. The summed E-state index contributed by atoms with van der Waals surface area (Å²) in [4.78, 5) is 35.5. The second-order valence-electron chi connectivity index (χ2n) is 8.94. The second-order valence-corrected chi connectivity index (χ2v) is 8.94. The first-order chi connectivity index (χ1) is 17.6. The van der Waals surface area contributed by atoms with Crippen LogP contribution in [-0.4, -0.2) is 122 Å². The molecule has 1 saturated heterocycles. The van der Waals surface area contributed by atoms with Gasteiger partial charge in [-0.2, -0.15) is 0 Å². The van der Waals surface area contributed by atoms with Crippen LogP contribution in [0.5, 0.6) is 0 Å². The molecule has 0 aromatic rings. The second kappa shape index (κ2) is 17.6. The molecule has 0 aromatic heterocycles. The molecule has 14 nitrogen and oxygen atoms in total. The molecular weight excluding hydrogens is 498 g/mol. The summed E-state index contributed by atoms with van der Waals surface area (Å²) in [6, 6.07) is -1.30. The lowest BCUT2D eigenvalue weighted by atomic mass is 9.91. The van der Waals surface area contributed by atoms with Crippen molar-refractivity contribution in [2.75, 3.05) is 46.8 Å². The molecule has 0 aromatic carbocycles. The maximum Gasteiger partial charge on any atom is 0.332 e. The van der Waals surface area contributed by atoms with Gasteiger partial charge < -0.3 is 54.2 Å². The van der Waals surface area contributed by atoms with Gasteiger partial charge in [-0.1, -0.05) is 13.8 Å². The summed E-state index contributed by atoms with van der Waals surface area (Å²) in [6.07, 6.45) is -6.96. The van der Waals surface area contributed by atoms with Crippen LogP contribution in [0.2, 0.25) is 0 Å². The molecule has 0 aliphatic carbocycles. The number of carbonyl (C=O) groups excluding carboxylic acids is 3. The molecule has 6 unspecified atom stereocenters. The van der Waals surface area contributed by atoms with Crippen LogP contribution in [0.15, 0.2) is 0 Å². The Kier molecular flexibility index (Phi) is 15.7. The molecule has 0 bridgehead atoms. The van der Waals surface area contributed by atoms with Crippen LogP contribution in [0.3, 0.4) is 0 Å². The molecule has 1 amide bonds. The Labute approximate surface area is 216 Å². The van der Waals surface area contributed by atoms with Gasteiger partial charge in [-0.25, -0.2) is 0 Å². The summed E-state index contributed by atoms with van der Waals surface area (Å²) in [7, 11) is 1.53. The van der Waals surface area contributed by atoms with Gasteiger partial charge in [0.1, 0.15) is 24.9 Å². The Morgan fingerprint density at radius 3 is 2.46 bits per heavy atom. The van der Waals surface area contributed by atoms with Crippen molar-refractivity contribution in [1.82, 2.24) is 5.32 Å². The fourth-order valence-electron chi connectivity index (χ4n) is 3.45. The van der Waals surface area contributed by atoms with Gasteiger partial charge >= 0.3 is 11.9 Å². The number of carbonyl (C=O) groups is 3. The normalized spacial score (nSPS) is 25.4. The third kappa shape index (κ3) is 12.0. The summed E-state index contributed by atoms with van der Waals surface area (Å²) < 4.78 is 31.2. The molecule has 0 radical (unpaired) electrons. The highest BCUT2D eigenvalue weighted by Gasteiger charge is 2.53. The summed E-state index contributed by atoms with van der Waals surface area (Å²) in [6.45, 7) is 4.09. The number of hydrogen-bond acceptors (Lipinski definition) is 13. The van der Waals surface area contributed by atoms with Crippen molar-refractivity contribution in [3.05, 3.63) is 0 Å². The largest absolute Gasteiger partial charge is 0.463 e. The van der Waals surface area contributed by atoms with E-state index in [1.54, 1.807) is 0 Å². The first-order valence-electron chi connectivity index (χ1n) is 12.2. The zero-order chi connectivity index (χ0) is 27.8. The average Bonchev–Trinajstić information content (AvgIpc) is 2.85. The molecule has 0 spiro atoms. The van der Waals surface area contributed by atoms with Gasteiger partial charge in [0.15, 0.2) is 0 Å². The Morgan fingerprint density at radius 2 is 1.84 bits per heavy atom. The number of aliphatic hydroxyl groups is 4. The van der Waals surface area contributed by atoms with E-state index in [1.807, 2.05) is 13.8 Å². The molecule has 5 N–H and O–H groups in total. The van der Waals surface area contributed by atoms with Crippen LogP contribution < -0.4 is 5.32 Å². The zero-order valence-electron chi connectivity index (χ0n) is 21.6. The summed E-state index contributed by atoms with van der Waals surface area (Å²) in [5.74, 6) is -3.18. The van der Waals surface area contributed by atoms with Gasteiger partial charge in [-0.05, 0) is 12.3 Å². The number of amides is 1. The van der Waals surface area contributed by atoms with E-state index in [4.69, 9.17) is 28.4 Å². The van der Waals surface area contributed by atoms with E-state index in [0.717, 1.165) is 0 Å².